The van der Waals surface area contributed by atoms with Gasteiger partial charge in [0.1, 0.15) is 5.82 Å². The van der Waals surface area contributed by atoms with Gasteiger partial charge in [-0.3, -0.25) is 4.90 Å². The quantitative estimate of drug-likeness (QED) is 0.546. The second-order valence-electron chi connectivity index (χ2n) is 3.16. The zero-order valence-corrected chi connectivity index (χ0v) is 8.83. The molecule has 0 unspecified atom stereocenters. The maximum Gasteiger partial charge on any atom is 0.139 e. The van der Waals surface area contributed by atoms with Gasteiger partial charge in [-0.2, -0.15) is 0 Å². The largest absolute Gasteiger partial charge is 0.308 e. The molecule has 1 heterocycles. The van der Waals surface area contributed by atoms with E-state index in [1.165, 1.54) is 5.56 Å². The summed E-state index contributed by atoms with van der Waals surface area (Å²) in [6, 6.07) is 3.93. The van der Waals surface area contributed by atoms with E-state index in [2.05, 4.69) is 29.2 Å². The molecule has 78 valence electrons. The van der Waals surface area contributed by atoms with Gasteiger partial charge in [-0.25, -0.2) is 10.8 Å². The van der Waals surface area contributed by atoms with Crippen LogP contribution in [-0.2, 0) is 6.54 Å². The van der Waals surface area contributed by atoms with Gasteiger partial charge in [0.2, 0.25) is 0 Å². The molecule has 0 aliphatic rings. The lowest BCUT2D eigenvalue weighted by Crippen LogP contribution is -2.22. The van der Waals surface area contributed by atoms with E-state index >= 15 is 0 Å². The minimum Gasteiger partial charge on any atom is -0.308 e. The highest BCUT2D eigenvalue weighted by molar-refractivity contribution is 5.33. The first-order chi connectivity index (χ1) is 6.80. The number of pyridine rings is 1. The Kier molecular flexibility index (Phi) is 4.35. The Morgan fingerprint density at radius 3 is 2.50 bits per heavy atom. The Bertz CT molecular complexity index is 253. The first-order valence-electron chi connectivity index (χ1n) is 4.94. The fourth-order valence-electron chi connectivity index (χ4n) is 1.31. The van der Waals surface area contributed by atoms with E-state index in [0.29, 0.717) is 5.82 Å². The summed E-state index contributed by atoms with van der Waals surface area (Å²) in [5.74, 6) is 5.93. The van der Waals surface area contributed by atoms with Crippen molar-refractivity contribution >= 4 is 5.82 Å². The standard InChI is InChI=1S/C10H18N4/c1-3-14(4-2)8-9-5-6-10(13-11)12-7-9/h5-7H,3-4,8,11H2,1-2H3,(H,12,13). The van der Waals surface area contributed by atoms with Crippen molar-refractivity contribution in [1.82, 2.24) is 9.88 Å². The van der Waals surface area contributed by atoms with Crippen LogP contribution in [0.5, 0.6) is 0 Å². The van der Waals surface area contributed by atoms with E-state index in [0.717, 1.165) is 19.6 Å². The van der Waals surface area contributed by atoms with Crippen LogP contribution in [0.15, 0.2) is 18.3 Å². The molecule has 4 nitrogen and oxygen atoms in total. The van der Waals surface area contributed by atoms with E-state index in [-0.39, 0.29) is 0 Å². The van der Waals surface area contributed by atoms with Gasteiger partial charge in [0.25, 0.3) is 0 Å². The number of nitrogens with zero attached hydrogens (tertiary/aromatic N) is 2. The molecule has 14 heavy (non-hydrogen) atoms. The molecule has 0 atom stereocenters. The van der Waals surface area contributed by atoms with Crippen LogP contribution < -0.4 is 11.3 Å². The molecule has 0 aromatic carbocycles. The van der Waals surface area contributed by atoms with Crippen molar-refractivity contribution in [2.45, 2.75) is 20.4 Å². The van der Waals surface area contributed by atoms with Crippen molar-refractivity contribution in [2.75, 3.05) is 18.5 Å². The van der Waals surface area contributed by atoms with E-state index < -0.39 is 0 Å². The van der Waals surface area contributed by atoms with Crippen LogP contribution >= 0.6 is 0 Å². The number of hydrazine groups is 1. The molecular weight excluding hydrogens is 176 g/mol. The molecule has 0 fully saturated rings. The maximum atomic E-state index is 5.23. The van der Waals surface area contributed by atoms with Gasteiger partial charge in [0.05, 0.1) is 0 Å². The summed E-state index contributed by atoms with van der Waals surface area (Å²) in [7, 11) is 0. The summed E-state index contributed by atoms with van der Waals surface area (Å²) in [6.45, 7) is 7.39. The Morgan fingerprint density at radius 2 is 2.07 bits per heavy atom. The first-order valence-corrected chi connectivity index (χ1v) is 4.94. The molecule has 0 saturated heterocycles. The highest BCUT2D eigenvalue weighted by Gasteiger charge is 2.00. The molecule has 0 amide bonds. The van der Waals surface area contributed by atoms with Crippen LogP contribution in [0.25, 0.3) is 0 Å². The SMILES string of the molecule is CCN(CC)Cc1ccc(NN)nc1. The van der Waals surface area contributed by atoms with Crippen molar-refractivity contribution in [2.24, 2.45) is 5.84 Å². The molecule has 0 bridgehead atoms. The van der Waals surface area contributed by atoms with Gasteiger partial charge < -0.3 is 5.43 Å². The van der Waals surface area contributed by atoms with Crippen LogP contribution in [-0.4, -0.2) is 23.0 Å². The third-order valence-corrected chi connectivity index (χ3v) is 2.27. The van der Waals surface area contributed by atoms with Crippen LogP contribution in [0.2, 0.25) is 0 Å². The van der Waals surface area contributed by atoms with Crippen molar-refractivity contribution in [3.05, 3.63) is 23.9 Å². The van der Waals surface area contributed by atoms with Crippen molar-refractivity contribution in [3.63, 3.8) is 0 Å². The molecule has 1 rings (SSSR count). The predicted octanol–water partition coefficient (Wildman–Crippen LogP) is 1.21. The van der Waals surface area contributed by atoms with Gasteiger partial charge in [-0.05, 0) is 24.7 Å². The lowest BCUT2D eigenvalue weighted by atomic mass is 10.2. The molecule has 0 aliphatic carbocycles. The Balaban J connectivity index is 2.58. The summed E-state index contributed by atoms with van der Waals surface area (Å²) < 4.78 is 0. The molecular formula is C10H18N4. The van der Waals surface area contributed by atoms with E-state index in [1.807, 2.05) is 18.3 Å². The molecule has 0 saturated carbocycles. The van der Waals surface area contributed by atoms with E-state index in [4.69, 9.17) is 5.84 Å². The monoisotopic (exact) mass is 194 g/mol. The summed E-state index contributed by atoms with van der Waals surface area (Å²) in [6.07, 6.45) is 1.85. The average molecular weight is 194 g/mol. The van der Waals surface area contributed by atoms with Crippen LogP contribution in [0.1, 0.15) is 19.4 Å². The van der Waals surface area contributed by atoms with Crippen LogP contribution in [0, 0.1) is 0 Å². The summed E-state index contributed by atoms with van der Waals surface area (Å²) in [4.78, 5) is 6.50. The number of nitrogens with one attached hydrogen (secondary N) is 1. The number of aromatic nitrogens is 1. The normalized spacial score (nSPS) is 10.6. The second-order valence-corrected chi connectivity index (χ2v) is 3.16. The molecule has 0 aliphatic heterocycles. The third kappa shape index (κ3) is 2.97. The fourth-order valence-corrected chi connectivity index (χ4v) is 1.31. The van der Waals surface area contributed by atoms with Crippen molar-refractivity contribution < 1.29 is 0 Å². The van der Waals surface area contributed by atoms with Crippen LogP contribution in [0.3, 0.4) is 0 Å². The summed E-state index contributed by atoms with van der Waals surface area (Å²) >= 11 is 0. The smallest absolute Gasteiger partial charge is 0.139 e. The molecule has 1 aromatic heterocycles. The highest BCUT2D eigenvalue weighted by atomic mass is 15.2. The van der Waals surface area contributed by atoms with Crippen molar-refractivity contribution in [3.8, 4) is 0 Å². The number of nitrogens with two attached hydrogens (primary N) is 1. The van der Waals surface area contributed by atoms with E-state index in [9.17, 15) is 0 Å². The Labute approximate surface area is 85.1 Å². The third-order valence-electron chi connectivity index (χ3n) is 2.27. The summed E-state index contributed by atoms with van der Waals surface area (Å²) in [5.41, 5.74) is 3.73. The summed E-state index contributed by atoms with van der Waals surface area (Å²) in [5, 5.41) is 0. The number of hydrogen-bond acceptors (Lipinski definition) is 4. The van der Waals surface area contributed by atoms with E-state index in [1.54, 1.807) is 0 Å². The first kappa shape index (κ1) is 10.9. The molecule has 0 radical (unpaired) electrons. The lowest BCUT2D eigenvalue weighted by Gasteiger charge is -2.17. The van der Waals surface area contributed by atoms with Gasteiger partial charge in [0, 0.05) is 12.7 Å². The minimum absolute atomic E-state index is 0.702. The number of rotatable bonds is 5. The Morgan fingerprint density at radius 1 is 1.36 bits per heavy atom. The zero-order valence-electron chi connectivity index (χ0n) is 8.83. The van der Waals surface area contributed by atoms with Gasteiger partial charge in [-0.15, -0.1) is 0 Å². The molecule has 4 heteroatoms. The minimum atomic E-state index is 0.702. The highest BCUT2D eigenvalue weighted by Crippen LogP contribution is 2.06. The molecule has 0 spiro atoms. The van der Waals surface area contributed by atoms with Gasteiger partial charge in [-0.1, -0.05) is 19.9 Å². The number of hydrogen-bond donors (Lipinski definition) is 2. The Hall–Kier alpha value is -1.13. The second kappa shape index (κ2) is 5.57. The zero-order chi connectivity index (χ0) is 10.4. The number of anilines is 1. The topological polar surface area (TPSA) is 54.2 Å². The lowest BCUT2D eigenvalue weighted by molar-refractivity contribution is 0.295. The number of nitrogen functional groups attached to an aromatic ring is 1. The van der Waals surface area contributed by atoms with Crippen LogP contribution in [0.4, 0.5) is 5.82 Å². The molecule has 1 aromatic rings. The van der Waals surface area contributed by atoms with Crippen molar-refractivity contribution in [1.29, 1.82) is 0 Å². The van der Waals surface area contributed by atoms with Gasteiger partial charge >= 0.3 is 0 Å². The van der Waals surface area contributed by atoms with Gasteiger partial charge in [0.15, 0.2) is 0 Å². The molecule has 3 N–H and O–H groups in total. The fraction of sp³-hybridized carbons (Fsp3) is 0.500. The maximum absolute atomic E-state index is 5.23. The predicted molar refractivity (Wildman–Crippen MR) is 58.7 cm³/mol. The average Bonchev–Trinajstić information content (AvgIpc) is 2.26.